The highest BCUT2D eigenvalue weighted by Crippen LogP contribution is 2.32. The predicted octanol–water partition coefficient (Wildman–Crippen LogP) is 4.55. The zero-order valence-corrected chi connectivity index (χ0v) is 18.4. The summed E-state index contributed by atoms with van der Waals surface area (Å²) in [7, 11) is -3.88. The molecule has 0 spiro atoms. The maximum Gasteiger partial charge on any atom is 0.210 e. The molecule has 162 valence electrons. The molecular weight excluding hydrogens is 416 g/mol. The van der Waals surface area contributed by atoms with Crippen molar-refractivity contribution >= 4 is 15.6 Å². The summed E-state index contributed by atoms with van der Waals surface area (Å²) in [5.41, 5.74) is 3.71. The van der Waals surface area contributed by atoms with Crippen LogP contribution in [-0.2, 0) is 21.1 Å². The molecule has 6 nitrogen and oxygen atoms in total. The van der Waals surface area contributed by atoms with E-state index >= 15 is 0 Å². The van der Waals surface area contributed by atoms with Gasteiger partial charge in [0.1, 0.15) is 17.3 Å². The van der Waals surface area contributed by atoms with Crippen molar-refractivity contribution in [2.24, 2.45) is 0 Å². The van der Waals surface area contributed by atoms with Gasteiger partial charge in [0.15, 0.2) is 11.5 Å². The topological polar surface area (TPSA) is 89.9 Å². The van der Waals surface area contributed by atoms with E-state index in [-0.39, 0.29) is 27.9 Å². The Bertz CT molecular complexity index is 1180. The van der Waals surface area contributed by atoms with Gasteiger partial charge in [0.25, 0.3) is 0 Å². The second-order valence-electron chi connectivity index (χ2n) is 7.39. The number of carbonyl (C=O) groups excluding carboxylic acids is 1. The second-order valence-corrected chi connectivity index (χ2v) is 9.31. The quantitative estimate of drug-likeness (QED) is 0.408. The number of hydrogen-bond donors (Lipinski definition) is 1. The number of benzene rings is 3. The summed E-state index contributed by atoms with van der Waals surface area (Å²) in [6.45, 7) is 5.36. The largest absolute Gasteiger partial charge is 0.486 e. The highest BCUT2D eigenvalue weighted by atomic mass is 32.2. The Kier molecular flexibility index (Phi) is 6.77. The van der Waals surface area contributed by atoms with Crippen molar-refractivity contribution in [3.05, 3.63) is 82.9 Å². The number of ether oxygens (including phenoxy) is 1. The number of sulfone groups is 1. The van der Waals surface area contributed by atoms with Gasteiger partial charge in [-0.25, -0.2) is 13.7 Å². The normalized spacial score (nSPS) is 11.2. The van der Waals surface area contributed by atoms with Crippen LogP contribution in [0.25, 0.3) is 0 Å². The van der Waals surface area contributed by atoms with Crippen LogP contribution in [-0.4, -0.2) is 26.1 Å². The van der Waals surface area contributed by atoms with E-state index < -0.39 is 9.84 Å². The molecule has 7 heteroatoms. The van der Waals surface area contributed by atoms with Crippen molar-refractivity contribution in [3.63, 3.8) is 0 Å². The van der Waals surface area contributed by atoms with Crippen LogP contribution in [0, 0.1) is 13.8 Å². The summed E-state index contributed by atoms with van der Waals surface area (Å²) in [6.07, 6.45) is 0.480. The number of carbonyl (C=O) groups is 1. The van der Waals surface area contributed by atoms with Gasteiger partial charge in [0.05, 0.1) is 4.90 Å². The zero-order chi connectivity index (χ0) is 22.6. The van der Waals surface area contributed by atoms with Crippen molar-refractivity contribution in [3.8, 4) is 11.5 Å². The summed E-state index contributed by atoms with van der Waals surface area (Å²) >= 11 is 0. The van der Waals surface area contributed by atoms with Crippen LogP contribution in [0.15, 0.2) is 70.5 Å². The molecule has 0 unspecified atom stereocenters. The predicted molar refractivity (Wildman–Crippen MR) is 116 cm³/mol. The minimum absolute atomic E-state index is 0.0154. The zero-order valence-electron chi connectivity index (χ0n) is 17.6. The maximum atomic E-state index is 13.1. The molecule has 31 heavy (non-hydrogen) atoms. The molecule has 0 bridgehead atoms. The van der Waals surface area contributed by atoms with E-state index in [4.69, 9.17) is 4.74 Å². The van der Waals surface area contributed by atoms with Crippen LogP contribution >= 0.6 is 0 Å². The lowest BCUT2D eigenvalue weighted by atomic mass is 9.96. The third-order valence-electron chi connectivity index (χ3n) is 4.94. The molecule has 3 aromatic carbocycles. The van der Waals surface area contributed by atoms with Crippen LogP contribution in [0.1, 0.15) is 29.2 Å². The fourth-order valence-corrected chi connectivity index (χ4v) is 4.83. The molecule has 0 aliphatic carbocycles. The third-order valence-corrected chi connectivity index (χ3v) is 6.73. The van der Waals surface area contributed by atoms with Gasteiger partial charge < -0.3 is 9.62 Å². The smallest absolute Gasteiger partial charge is 0.210 e. The minimum atomic E-state index is -3.88. The van der Waals surface area contributed by atoms with Crippen molar-refractivity contribution in [2.75, 3.05) is 6.61 Å². The molecule has 3 aromatic rings. The summed E-state index contributed by atoms with van der Waals surface area (Å²) < 4.78 is 31.7. The maximum absolute atomic E-state index is 13.1. The molecular formula is C24H24O6S. The average Bonchev–Trinajstić information content (AvgIpc) is 2.75. The van der Waals surface area contributed by atoms with E-state index in [0.29, 0.717) is 12.2 Å². The Balaban J connectivity index is 1.97. The molecule has 0 radical (unpaired) electrons. The van der Waals surface area contributed by atoms with E-state index in [1.165, 1.54) is 31.2 Å². The third kappa shape index (κ3) is 5.13. The SMILES string of the molecule is CC(=O)COc1cc(C)c(Cc2ccc(OO)c(S(=O)(=O)c3ccccc3)c2)c(C)c1. The monoisotopic (exact) mass is 440 g/mol. The van der Waals surface area contributed by atoms with Crippen molar-refractivity contribution in [2.45, 2.75) is 37.0 Å². The van der Waals surface area contributed by atoms with Gasteiger partial charge in [0, 0.05) is 0 Å². The second kappa shape index (κ2) is 9.32. The number of aryl methyl sites for hydroxylation is 2. The van der Waals surface area contributed by atoms with Crippen molar-refractivity contribution in [1.29, 1.82) is 0 Å². The van der Waals surface area contributed by atoms with Gasteiger partial charge in [-0.15, -0.1) is 0 Å². The summed E-state index contributed by atoms with van der Waals surface area (Å²) in [6, 6.07) is 16.4. The first kappa shape index (κ1) is 22.5. The summed E-state index contributed by atoms with van der Waals surface area (Å²) in [5.74, 6) is 0.428. The summed E-state index contributed by atoms with van der Waals surface area (Å²) in [5, 5.41) is 9.22. The number of ketones is 1. The lowest BCUT2D eigenvalue weighted by Crippen LogP contribution is -2.08. The van der Waals surface area contributed by atoms with E-state index in [2.05, 4.69) is 4.89 Å². The fourth-order valence-electron chi connectivity index (χ4n) is 3.38. The Morgan fingerprint density at radius 3 is 2.19 bits per heavy atom. The van der Waals surface area contributed by atoms with Gasteiger partial charge in [-0.05, 0) is 85.8 Å². The molecule has 0 atom stereocenters. The van der Waals surface area contributed by atoms with Gasteiger partial charge in [-0.3, -0.25) is 4.79 Å². The van der Waals surface area contributed by atoms with Crippen LogP contribution in [0.2, 0.25) is 0 Å². The number of hydrogen-bond acceptors (Lipinski definition) is 6. The van der Waals surface area contributed by atoms with Gasteiger partial charge in [-0.1, -0.05) is 24.3 Å². The number of Topliss-reactive ketones (excluding diaryl/α,β-unsaturated/α-hetero) is 1. The molecule has 0 fully saturated rings. The lowest BCUT2D eigenvalue weighted by molar-refractivity contribution is -0.140. The average molecular weight is 441 g/mol. The standard InChI is InChI=1S/C24H24O6S/c1-16-11-20(29-15-18(3)25)12-17(2)22(16)13-19-9-10-23(30-26)24(14-19)31(27,28)21-7-5-4-6-8-21/h4-12,14,26H,13,15H2,1-3H3. The fraction of sp³-hybridized carbons (Fsp3) is 0.208. The first-order valence-corrected chi connectivity index (χ1v) is 11.2. The summed E-state index contributed by atoms with van der Waals surface area (Å²) in [4.78, 5) is 15.5. The van der Waals surface area contributed by atoms with Crippen LogP contribution < -0.4 is 9.62 Å². The Morgan fingerprint density at radius 2 is 1.61 bits per heavy atom. The molecule has 0 aromatic heterocycles. The molecule has 0 aliphatic heterocycles. The Hall–Kier alpha value is -3.16. The molecule has 0 aliphatic rings. The van der Waals surface area contributed by atoms with Crippen LogP contribution in [0.4, 0.5) is 0 Å². The highest BCUT2D eigenvalue weighted by molar-refractivity contribution is 7.91. The van der Waals surface area contributed by atoms with E-state index in [1.807, 2.05) is 26.0 Å². The highest BCUT2D eigenvalue weighted by Gasteiger charge is 2.23. The van der Waals surface area contributed by atoms with Gasteiger partial charge in [-0.2, -0.15) is 0 Å². The van der Waals surface area contributed by atoms with Crippen molar-refractivity contribution in [1.82, 2.24) is 0 Å². The van der Waals surface area contributed by atoms with E-state index in [0.717, 1.165) is 22.3 Å². The minimum Gasteiger partial charge on any atom is -0.486 e. The number of rotatable bonds is 8. The molecule has 0 amide bonds. The molecule has 0 saturated heterocycles. The van der Waals surface area contributed by atoms with Crippen LogP contribution in [0.3, 0.4) is 0 Å². The van der Waals surface area contributed by atoms with Crippen LogP contribution in [0.5, 0.6) is 11.5 Å². The van der Waals surface area contributed by atoms with E-state index in [1.54, 1.807) is 24.3 Å². The Morgan fingerprint density at radius 1 is 0.968 bits per heavy atom. The van der Waals surface area contributed by atoms with Gasteiger partial charge >= 0.3 is 0 Å². The molecule has 0 saturated carbocycles. The molecule has 1 N–H and O–H groups in total. The van der Waals surface area contributed by atoms with Crippen molar-refractivity contribution < 1.29 is 28.1 Å². The first-order chi connectivity index (χ1) is 14.7. The van der Waals surface area contributed by atoms with Gasteiger partial charge in [0.2, 0.25) is 9.84 Å². The molecule has 0 heterocycles. The Labute approximate surface area is 181 Å². The first-order valence-electron chi connectivity index (χ1n) is 9.69. The molecule has 3 rings (SSSR count). The lowest BCUT2D eigenvalue weighted by Gasteiger charge is -2.15. The van der Waals surface area contributed by atoms with E-state index in [9.17, 15) is 18.5 Å².